The zero-order valence-corrected chi connectivity index (χ0v) is 8.07. The molecule has 3 nitrogen and oxygen atoms in total. The number of hydrogen-bond acceptors (Lipinski definition) is 3. The summed E-state index contributed by atoms with van der Waals surface area (Å²) in [7, 11) is -2.93. The Morgan fingerprint density at radius 1 is 1.50 bits per heavy atom. The third kappa shape index (κ3) is 4.77. The molecular weight excluding hydrogens is 139 g/mol. The average Bonchev–Trinajstić information content (AvgIpc) is 1.31. The van der Waals surface area contributed by atoms with E-state index in [1.807, 2.05) is 0 Å². The van der Waals surface area contributed by atoms with Crippen LogP contribution in [-0.4, -0.2) is 22.0 Å². The summed E-state index contributed by atoms with van der Waals surface area (Å²) in [5.41, 5.74) is 0. The van der Waals surface area contributed by atoms with Gasteiger partial charge in [0.1, 0.15) is 5.30 Å². The van der Waals surface area contributed by atoms with Gasteiger partial charge in [0.2, 0.25) is 0 Å². The standard InChI is InChI=1S/C3H8O3S.Na/c1-7(2,6)3(4)5;/h7H,1-2H3,(H,4,5);/q;+1/p-1. The van der Waals surface area contributed by atoms with Crippen molar-refractivity contribution in [3.8, 4) is 0 Å². The van der Waals surface area contributed by atoms with Crippen LogP contribution in [0.4, 0.5) is 4.79 Å². The van der Waals surface area contributed by atoms with Gasteiger partial charge in [-0.25, -0.2) is 0 Å². The van der Waals surface area contributed by atoms with E-state index in [-0.39, 0.29) is 29.6 Å². The molecule has 0 aromatic rings. The third-order valence-electron chi connectivity index (χ3n) is 0.440. The van der Waals surface area contributed by atoms with Crippen molar-refractivity contribution >= 4 is 15.2 Å². The van der Waals surface area contributed by atoms with E-state index in [0.29, 0.717) is 0 Å². The minimum atomic E-state index is -2.93. The number of carbonyl (C=O) groups is 1. The van der Waals surface area contributed by atoms with Crippen molar-refractivity contribution in [2.75, 3.05) is 12.5 Å². The predicted molar refractivity (Wildman–Crippen MR) is 26.8 cm³/mol. The fourth-order valence-electron chi connectivity index (χ4n) is 0. The molecule has 0 aliphatic heterocycles. The maximum Gasteiger partial charge on any atom is 1.00 e. The second-order valence-corrected chi connectivity index (χ2v) is 4.68. The van der Waals surface area contributed by atoms with E-state index >= 15 is 0 Å². The fourth-order valence-corrected chi connectivity index (χ4v) is 0. The zero-order valence-electron chi connectivity index (χ0n) is 5.17. The van der Waals surface area contributed by atoms with Crippen molar-refractivity contribution in [3.63, 3.8) is 0 Å². The summed E-state index contributed by atoms with van der Waals surface area (Å²) >= 11 is 0. The fraction of sp³-hybridized carbons (Fsp3) is 0.667. The summed E-state index contributed by atoms with van der Waals surface area (Å²) in [5.74, 6) is 0. The molecule has 0 amide bonds. The minimum Gasteiger partial charge on any atom is -0.538 e. The molecule has 0 spiro atoms. The van der Waals surface area contributed by atoms with Gasteiger partial charge in [0.25, 0.3) is 0 Å². The van der Waals surface area contributed by atoms with Crippen molar-refractivity contribution in [1.29, 1.82) is 0 Å². The number of thiol groups is 1. The molecule has 0 bridgehead atoms. The Kier molecular flexibility index (Phi) is 5.15. The van der Waals surface area contributed by atoms with Crippen LogP contribution >= 0.6 is 0 Å². The second-order valence-electron chi connectivity index (χ2n) is 1.62. The minimum absolute atomic E-state index is 0. The second kappa shape index (κ2) is 3.61. The first kappa shape index (κ1) is 11.4. The van der Waals surface area contributed by atoms with Gasteiger partial charge >= 0.3 is 29.6 Å². The topological polar surface area (TPSA) is 57.2 Å². The van der Waals surface area contributed by atoms with Crippen molar-refractivity contribution in [3.05, 3.63) is 0 Å². The van der Waals surface area contributed by atoms with Crippen LogP contribution in [-0.2, 0) is 9.93 Å². The van der Waals surface area contributed by atoms with Crippen molar-refractivity contribution in [1.82, 2.24) is 0 Å². The van der Waals surface area contributed by atoms with Crippen LogP contribution in [0.5, 0.6) is 0 Å². The molecule has 0 saturated carbocycles. The quantitative estimate of drug-likeness (QED) is 0.277. The number of rotatable bonds is 0. The maximum absolute atomic E-state index is 10.3. The molecule has 0 saturated heterocycles. The van der Waals surface area contributed by atoms with E-state index in [1.165, 1.54) is 0 Å². The van der Waals surface area contributed by atoms with Crippen LogP contribution in [0.2, 0.25) is 0 Å². The van der Waals surface area contributed by atoms with E-state index < -0.39 is 15.2 Å². The molecule has 0 unspecified atom stereocenters. The molecule has 0 radical (unpaired) electrons. The molecule has 0 aliphatic carbocycles. The Bertz CT molecular complexity index is 126. The van der Waals surface area contributed by atoms with Gasteiger partial charge in [-0.3, -0.25) is 4.21 Å². The molecule has 0 fully saturated rings. The van der Waals surface area contributed by atoms with Gasteiger partial charge in [0.15, 0.2) is 0 Å². The Balaban J connectivity index is 0. The zero-order chi connectivity index (χ0) is 6.08. The number of carbonyl (C=O) groups excluding carboxylic acids is 1. The van der Waals surface area contributed by atoms with Gasteiger partial charge in [-0.1, -0.05) is 9.93 Å². The SMILES string of the molecule is C[SH](C)(=O)C(=O)[O-].[Na+]. The van der Waals surface area contributed by atoms with E-state index in [2.05, 4.69) is 0 Å². The van der Waals surface area contributed by atoms with Crippen LogP contribution < -0.4 is 34.7 Å². The molecule has 0 rings (SSSR count). The first-order valence-corrected chi connectivity index (χ1v) is 4.31. The van der Waals surface area contributed by atoms with Crippen molar-refractivity contribution in [2.45, 2.75) is 0 Å². The first-order chi connectivity index (χ1) is 2.94. The van der Waals surface area contributed by atoms with Crippen LogP contribution in [0.25, 0.3) is 0 Å². The Labute approximate surface area is 71.2 Å². The normalized spacial score (nSPS) is 11.8. The van der Waals surface area contributed by atoms with Gasteiger partial charge in [-0.15, -0.1) is 0 Å². The van der Waals surface area contributed by atoms with Gasteiger partial charge in [0, 0.05) is 0 Å². The Morgan fingerprint density at radius 3 is 1.62 bits per heavy atom. The first-order valence-electron chi connectivity index (χ1n) is 1.71. The molecule has 5 heteroatoms. The third-order valence-corrected chi connectivity index (χ3v) is 1.32. The molecule has 0 aliphatic rings. The van der Waals surface area contributed by atoms with E-state index in [9.17, 15) is 14.1 Å². The van der Waals surface area contributed by atoms with Gasteiger partial charge in [0.05, 0.1) is 0 Å². The molecule has 0 aromatic carbocycles. The summed E-state index contributed by atoms with van der Waals surface area (Å²) in [6.07, 6.45) is 2.31. The Hall–Kier alpha value is 0.620. The summed E-state index contributed by atoms with van der Waals surface area (Å²) in [4.78, 5) is 9.65. The molecule has 0 atom stereocenters. The Morgan fingerprint density at radius 2 is 1.62 bits per heavy atom. The van der Waals surface area contributed by atoms with Gasteiger partial charge in [-0.2, -0.15) is 0 Å². The van der Waals surface area contributed by atoms with Gasteiger partial charge < -0.3 is 9.90 Å². The van der Waals surface area contributed by atoms with Crippen LogP contribution in [0.1, 0.15) is 0 Å². The molecular formula is C3H7NaO3S. The molecule has 0 heterocycles. The monoisotopic (exact) mass is 146 g/mol. The van der Waals surface area contributed by atoms with Crippen LogP contribution in [0, 0.1) is 0 Å². The smallest absolute Gasteiger partial charge is 0.538 e. The van der Waals surface area contributed by atoms with Crippen LogP contribution in [0.15, 0.2) is 0 Å². The summed E-state index contributed by atoms with van der Waals surface area (Å²) in [6, 6.07) is 0. The summed E-state index contributed by atoms with van der Waals surface area (Å²) in [5, 5.41) is 8.20. The summed E-state index contributed by atoms with van der Waals surface area (Å²) in [6.45, 7) is 0. The molecule has 44 valence electrons. The number of hydrogen-bond donors (Lipinski definition) is 1. The van der Waals surface area contributed by atoms with E-state index in [0.717, 1.165) is 12.5 Å². The predicted octanol–water partition coefficient (Wildman–Crippen LogP) is -4.39. The van der Waals surface area contributed by atoms with E-state index in [1.54, 1.807) is 0 Å². The van der Waals surface area contributed by atoms with E-state index in [4.69, 9.17) is 0 Å². The largest absolute Gasteiger partial charge is 1.00 e. The average molecular weight is 146 g/mol. The molecule has 0 N–H and O–H groups in total. The number of carboxylic acid groups (broad SMARTS) is 1. The molecule has 8 heavy (non-hydrogen) atoms. The maximum atomic E-state index is 10.3. The van der Waals surface area contributed by atoms with Crippen molar-refractivity contribution in [2.24, 2.45) is 0 Å². The van der Waals surface area contributed by atoms with Gasteiger partial charge in [-0.05, 0) is 12.5 Å². The summed E-state index contributed by atoms with van der Waals surface area (Å²) < 4.78 is 10.3. The van der Waals surface area contributed by atoms with Crippen LogP contribution in [0.3, 0.4) is 0 Å². The molecule has 0 aromatic heterocycles. The van der Waals surface area contributed by atoms with Crippen molar-refractivity contribution < 1.29 is 43.7 Å².